The Kier molecular flexibility index (Phi) is 4.07. The van der Waals surface area contributed by atoms with E-state index in [2.05, 4.69) is 22.0 Å². The summed E-state index contributed by atoms with van der Waals surface area (Å²) in [6.07, 6.45) is 3.88. The molecular formula is C17H21N3O3. The lowest BCUT2D eigenvalue weighted by atomic mass is 9.87. The van der Waals surface area contributed by atoms with Crippen LogP contribution in [0.25, 0.3) is 0 Å². The lowest BCUT2D eigenvalue weighted by Gasteiger charge is -2.31. The largest absolute Gasteiger partial charge is 0.347 e. The van der Waals surface area contributed by atoms with Crippen LogP contribution in [0, 0.1) is 6.92 Å². The van der Waals surface area contributed by atoms with E-state index in [0.717, 1.165) is 36.8 Å². The third-order valence-electron chi connectivity index (χ3n) is 4.65. The van der Waals surface area contributed by atoms with E-state index in [1.807, 2.05) is 25.1 Å². The van der Waals surface area contributed by atoms with E-state index in [0.29, 0.717) is 0 Å². The van der Waals surface area contributed by atoms with Gasteiger partial charge in [-0.3, -0.25) is 14.9 Å². The van der Waals surface area contributed by atoms with Gasteiger partial charge >= 0.3 is 6.03 Å². The molecule has 6 nitrogen and oxygen atoms in total. The zero-order valence-corrected chi connectivity index (χ0v) is 13.1. The van der Waals surface area contributed by atoms with Crippen LogP contribution in [-0.4, -0.2) is 23.9 Å². The Bertz CT molecular complexity index is 650. The van der Waals surface area contributed by atoms with Crippen molar-refractivity contribution in [2.24, 2.45) is 0 Å². The highest BCUT2D eigenvalue weighted by atomic mass is 16.2. The first kappa shape index (κ1) is 15.5. The standard InChI is InChI=1S/C17H21N3O3/c1-11-5-4-6-12(9-11)17(7-2-3-8-17)20-14(21)10-13-15(22)19-16(23)18-13/h4-6,9,13H,2-3,7-8,10H2,1H3,(H,20,21)(H2,18,19,22,23)/t13-/m0/s1. The van der Waals surface area contributed by atoms with Crippen molar-refractivity contribution in [3.8, 4) is 0 Å². The molecule has 3 rings (SSSR count). The van der Waals surface area contributed by atoms with E-state index in [1.165, 1.54) is 0 Å². The van der Waals surface area contributed by atoms with Crippen LogP contribution in [0.3, 0.4) is 0 Å². The van der Waals surface area contributed by atoms with Gasteiger partial charge in [-0.25, -0.2) is 4.79 Å². The molecule has 4 amide bonds. The van der Waals surface area contributed by atoms with Gasteiger partial charge in [0.25, 0.3) is 5.91 Å². The van der Waals surface area contributed by atoms with Gasteiger partial charge < -0.3 is 10.6 Å². The molecule has 3 N–H and O–H groups in total. The molecule has 2 fully saturated rings. The number of carbonyl (C=O) groups excluding carboxylic acids is 3. The van der Waals surface area contributed by atoms with Gasteiger partial charge in [0.05, 0.1) is 12.0 Å². The van der Waals surface area contributed by atoms with Crippen molar-refractivity contribution in [3.63, 3.8) is 0 Å². The topological polar surface area (TPSA) is 87.3 Å². The summed E-state index contributed by atoms with van der Waals surface area (Å²) in [6.45, 7) is 2.03. The van der Waals surface area contributed by atoms with E-state index in [9.17, 15) is 14.4 Å². The van der Waals surface area contributed by atoms with Gasteiger partial charge in [-0.2, -0.15) is 0 Å². The average Bonchev–Trinajstić information content (AvgIpc) is 3.07. The SMILES string of the molecule is Cc1cccc(C2(NC(=O)C[C@@H]3NC(=O)NC3=O)CCCC2)c1. The summed E-state index contributed by atoms with van der Waals surface area (Å²) in [4.78, 5) is 35.1. The highest BCUT2D eigenvalue weighted by molar-refractivity contribution is 6.05. The Labute approximate surface area is 135 Å². The molecule has 1 aliphatic heterocycles. The van der Waals surface area contributed by atoms with E-state index in [1.54, 1.807) is 0 Å². The number of benzene rings is 1. The predicted molar refractivity (Wildman–Crippen MR) is 84.5 cm³/mol. The first-order valence-electron chi connectivity index (χ1n) is 7.98. The number of carbonyl (C=O) groups is 3. The highest BCUT2D eigenvalue weighted by Crippen LogP contribution is 2.39. The molecule has 0 spiro atoms. The molecule has 1 aromatic carbocycles. The Morgan fingerprint density at radius 2 is 2.04 bits per heavy atom. The van der Waals surface area contributed by atoms with Crippen molar-refractivity contribution >= 4 is 17.8 Å². The van der Waals surface area contributed by atoms with Crippen LogP contribution in [0.4, 0.5) is 4.79 Å². The van der Waals surface area contributed by atoms with Crippen LogP contribution >= 0.6 is 0 Å². The number of urea groups is 1. The Balaban J connectivity index is 1.74. The van der Waals surface area contributed by atoms with Crippen molar-refractivity contribution in [3.05, 3.63) is 35.4 Å². The van der Waals surface area contributed by atoms with Crippen molar-refractivity contribution in [2.75, 3.05) is 0 Å². The summed E-state index contributed by atoms with van der Waals surface area (Å²) in [5.74, 6) is -0.656. The van der Waals surface area contributed by atoms with Crippen molar-refractivity contribution in [2.45, 2.75) is 50.6 Å². The van der Waals surface area contributed by atoms with E-state index in [-0.39, 0.29) is 17.9 Å². The summed E-state index contributed by atoms with van der Waals surface area (Å²) in [6, 6.07) is 6.87. The summed E-state index contributed by atoms with van der Waals surface area (Å²) in [5, 5.41) is 7.73. The molecule has 2 aliphatic rings. The Morgan fingerprint density at radius 3 is 2.65 bits per heavy atom. The van der Waals surface area contributed by atoms with Gasteiger partial charge in [0.1, 0.15) is 6.04 Å². The molecule has 1 saturated carbocycles. The minimum Gasteiger partial charge on any atom is -0.347 e. The molecular weight excluding hydrogens is 294 g/mol. The maximum Gasteiger partial charge on any atom is 0.322 e. The number of rotatable bonds is 4. The van der Waals surface area contributed by atoms with Crippen LogP contribution in [0.1, 0.15) is 43.2 Å². The molecule has 1 saturated heterocycles. The van der Waals surface area contributed by atoms with E-state index >= 15 is 0 Å². The van der Waals surface area contributed by atoms with Crippen LogP contribution in [-0.2, 0) is 15.1 Å². The number of hydrogen-bond donors (Lipinski definition) is 3. The molecule has 6 heteroatoms. The monoisotopic (exact) mass is 315 g/mol. The number of amides is 4. The third kappa shape index (κ3) is 3.21. The summed E-state index contributed by atoms with van der Waals surface area (Å²) in [7, 11) is 0. The first-order chi connectivity index (χ1) is 11.0. The Hall–Kier alpha value is -2.37. The van der Waals surface area contributed by atoms with Gasteiger partial charge in [0, 0.05) is 0 Å². The summed E-state index contributed by atoms with van der Waals surface area (Å²) >= 11 is 0. The molecule has 122 valence electrons. The molecule has 1 atom stereocenters. The molecule has 1 heterocycles. The van der Waals surface area contributed by atoms with Crippen LogP contribution in [0.15, 0.2) is 24.3 Å². The minimum atomic E-state index is -0.779. The highest BCUT2D eigenvalue weighted by Gasteiger charge is 2.39. The molecule has 1 aliphatic carbocycles. The van der Waals surface area contributed by atoms with Crippen molar-refractivity contribution in [1.29, 1.82) is 0 Å². The van der Waals surface area contributed by atoms with Crippen molar-refractivity contribution in [1.82, 2.24) is 16.0 Å². The summed E-state index contributed by atoms with van der Waals surface area (Å²) in [5.41, 5.74) is 1.91. The smallest absolute Gasteiger partial charge is 0.322 e. The van der Waals surface area contributed by atoms with Gasteiger partial charge in [0.2, 0.25) is 5.91 Å². The normalized spacial score (nSPS) is 22.6. The molecule has 0 unspecified atom stereocenters. The van der Waals surface area contributed by atoms with Gasteiger partial charge in [0.15, 0.2) is 0 Å². The number of imide groups is 1. The average molecular weight is 315 g/mol. The molecule has 1 aromatic rings. The van der Waals surface area contributed by atoms with Gasteiger partial charge in [-0.15, -0.1) is 0 Å². The third-order valence-corrected chi connectivity index (χ3v) is 4.65. The number of hydrogen-bond acceptors (Lipinski definition) is 3. The van der Waals surface area contributed by atoms with Crippen LogP contribution in [0.2, 0.25) is 0 Å². The minimum absolute atomic E-state index is 0.0366. The van der Waals surface area contributed by atoms with Crippen molar-refractivity contribution < 1.29 is 14.4 Å². The second kappa shape index (κ2) is 6.02. The predicted octanol–water partition coefficient (Wildman–Crippen LogP) is 1.48. The van der Waals surface area contributed by atoms with Crippen LogP contribution < -0.4 is 16.0 Å². The fourth-order valence-corrected chi connectivity index (χ4v) is 3.51. The fourth-order valence-electron chi connectivity index (χ4n) is 3.51. The quantitative estimate of drug-likeness (QED) is 0.736. The molecule has 0 aromatic heterocycles. The maximum absolute atomic E-state index is 12.4. The zero-order chi connectivity index (χ0) is 16.4. The molecule has 0 radical (unpaired) electrons. The van der Waals surface area contributed by atoms with Gasteiger partial charge in [-0.1, -0.05) is 42.7 Å². The molecule has 0 bridgehead atoms. The summed E-state index contributed by atoms with van der Waals surface area (Å²) < 4.78 is 0. The zero-order valence-electron chi connectivity index (χ0n) is 13.1. The second-order valence-corrected chi connectivity index (χ2v) is 6.43. The van der Waals surface area contributed by atoms with E-state index < -0.39 is 18.0 Å². The van der Waals surface area contributed by atoms with E-state index in [4.69, 9.17) is 0 Å². The lowest BCUT2D eigenvalue weighted by Crippen LogP contribution is -2.46. The number of nitrogens with one attached hydrogen (secondary N) is 3. The lowest BCUT2D eigenvalue weighted by molar-refractivity contribution is -0.127. The first-order valence-corrected chi connectivity index (χ1v) is 7.98. The van der Waals surface area contributed by atoms with Crippen LogP contribution in [0.5, 0.6) is 0 Å². The second-order valence-electron chi connectivity index (χ2n) is 6.43. The maximum atomic E-state index is 12.4. The van der Waals surface area contributed by atoms with Gasteiger partial charge in [-0.05, 0) is 25.3 Å². The fraction of sp³-hybridized carbons (Fsp3) is 0.471. The molecule has 23 heavy (non-hydrogen) atoms. The Morgan fingerprint density at radius 1 is 1.30 bits per heavy atom. The number of aryl methyl sites for hydroxylation is 1.